The van der Waals surface area contributed by atoms with Crippen molar-refractivity contribution in [3.05, 3.63) is 44.0 Å². The van der Waals surface area contributed by atoms with Crippen molar-refractivity contribution in [2.24, 2.45) is 5.92 Å². The fraction of sp³-hybridized carbons (Fsp3) is 0.533. The van der Waals surface area contributed by atoms with E-state index in [0.29, 0.717) is 0 Å². The quantitative estimate of drug-likeness (QED) is 0.387. The van der Waals surface area contributed by atoms with E-state index in [4.69, 9.17) is 4.74 Å². The first-order valence-corrected chi connectivity index (χ1v) is 7.50. The number of esters is 1. The van der Waals surface area contributed by atoms with Crippen LogP contribution in [0.4, 0.5) is 11.4 Å². The van der Waals surface area contributed by atoms with Crippen molar-refractivity contribution in [3.63, 3.8) is 0 Å². The Bertz CT molecular complexity index is 555. The Kier molecular flexibility index (Phi) is 7.11. The maximum absolute atomic E-state index is 12.0. The van der Waals surface area contributed by atoms with Crippen molar-refractivity contribution in [2.45, 2.75) is 39.5 Å². The summed E-state index contributed by atoms with van der Waals surface area (Å²) in [7, 11) is 0. The zero-order valence-electron chi connectivity index (χ0n) is 13.2. The van der Waals surface area contributed by atoms with Gasteiger partial charge in [0.2, 0.25) is 0 Å². The van der Waals surface area contributed by atoms with E-state index in [1.54, 1.807) is 0 Å². The van der Waals surface area contributed by atoms with Crippen LogP contribution in [0, 0.1) is 26.1 Å². The Morgan fingerprint density at radius 3 is 2.13 bits per heavy atom. The Balaban J connectivity index is 2.86. The highest BCUT2D eigenvalue weighted by Gasteiger charge is 2.21. The van der Waals surface area contributed by atoms with E-state index in [2.05, 4.69) is 6.92 Å². The summed E-state index contributed by atoms with van der Waals surface area (Å²) in [5.41, 5.74) is -1.20. The van der Waals surface area contributed by atoms with Gasteiger partial charge >= 0.3 is 5.97 Å². The predicted octanol–water partition coefficient (Wildman–Crippen LogP) is 3.88. The molecular formula is C15H20N2O6. The predicted molar refractivity (Wildman–Crippen MR) is 83.3 cm³/mol. The van der Waals surface area contributed by atoms with Crippen LogP contribution in [-0.2, 0) is 4.74 Å². The summed E-state index contributed by atoms with van der Waals surface area (Å²) in [6.07, 6.45) is 3.84. The second kappa shape index (κ2) is 8.82. The number of non-ortho nitro benzene ring substituents is 2. The topological polar surface area (TPSA) is 113 Å². The highest BCUT2D eigenvalue weighted by molar-refractivity contribution is 5.91. The van der Waals surface area contributed by atoms with Crippen LogP contribution in [-0.4, -0.2) is 22.4 Å². The van der Waals surface area contributed by atoms with Gasteiger partial charge in [0.1, 0.15) is 0 Å². The molecule has 0 saturated carbocycles. The molecule has 1 aromatic carbocycles. The van der Waals surface area contributed by atoms with Gasteiger partial charge in [-0.25, -0.2) is 4.79 Å². The average molecular weight is 324 g/mol. The SMILES string of the molecule is CCCCC(CC)COC(=O)c1cc([N+](=O)[O-])cc([N+](=O)[O-])c1. The number of nitrogens with zero attached hydrogens (tertiary/aromatic N) is 2. The Labute approximate surface area is 133 Å². The molecule has 1 atom stereocenters. The van der Waals surface area contributed by atoms with Gasteiger partial charge < -0.3 is 4.74 Å². The van der Waals surface area contributed by atoms with Gasteiger partial charge in [0.15, 0.2) is 0 Å². The maximum atomic E-state index is 12.0. The second-order valence-corrected chi connectivity index (χ2v) is 5.27. The Morgan fingerprint density at radius 2 is 1.70 bits per heavy atom. The molecule has 0 N–H and O–H groups in total. The van der Waals surface area contributed by atoms with E-state index in [1.807, 2.05) is 6.92 Å². The number of rotatable bonds is 9. The minimum Gasteiger partial charge on any atom is -0.462 e. The Morgan fingerprint density at radius 1 is 1.13 bits per heavy atom. The van der Waals surface area contributed by atoms with E-state index >= 15 is 0 Å². The summed E-state index contributed by atoms with van der Waals surface area (Å²) >= 11 is 0. The molecule has 0 aliphatic rings. The molecule has 1 unspecified atom stereocenters. The number of carbonyl (C=O) groups excluding carboxylic acids is 1. The van der Waals surface area contributed by atoms with Crippen LogP contribution in [0.1, 0.15) is 49.9 Å². The largest absolute Gasteiger partial charge is 0.462 e. The van der Waals surface area contributed by atoms with E-state index < -0.39 is 27.2 Å². The summed E-state index contributed by atoms with van der Waals surface area (Å²) < 4.78 is 5.16. The van der Waals surface area contributed by atoms with Crippen LogP contribution in [0.2, 0.25) is 0 Å². The summed E-state index contributed by atoms with van der Waals surface area (Å²) in [6.45, 7) is 4.26. The zero-order chi connectivity index (χ0) is 17.4. The van der Waals surface area contributed by atoms with E-state index in [0.717, 1.165) is 43.9 Å². The number of unbranched alkanes of at least 4 members (excludes halogenated alkanes) is 1. The number of nitro groups is 2. The molecule has 0 bridgehead atoms. The number of ether oxygens (including phenoxy) is 1. The third-order valence-corrected chi connectivity index (χ3v) is 3.55. The molecule has 8 nitrogen and oxygen atoms in total. The van der Waals surface area contributed by atoms with Crippen molar-refractivity contribution in [2.75, 3.05) is 6.61 Å². The first-order valence-electron chi connectivity index (χ1n) is 7.50. The molecule has 0 fully saturated rings. The number of hydrogen-bond donors (Lipinski definition) is 0. The average Bonchev–Trinajstić information content (AvgIpc) is 2.54. The zero-order valence-corrected chi connectivity index (χ0v) is 13.2. The highest BCUT2D eigenvalue weighted by atomic mass is 16.6. The summed E-state index contributed by atoms with van der Waals surface area (Å²) in [4.78, 5) is 32.1. The molecule has 0 radical (unpaired) electrons. The van der Waals surface area contributed by atoms with Crippen LogP contribution < -0.4 is 0 Å². The van der Waals surface area contributed by atoms with E-state index in [1.165, 1.54) is 0 Å². The maximum Gasteiger partial charge on any atom is 0.338 e. The van der Waals surface area contributed by atoms with Crippen molar-refractivity contribution >= 4 is 17.3 Å². The monoisotopic (exact) mass is 324 g/mol. The molecule has 0 aliphatic carbocycles. The fourth-order valence-electron chi connectivity index (χ4n) is 2.10. The van der Waals surface area contributed by atoms with Crippen LogP contribution in [0.25, 0.3) is 0 Å². The molecule has 0 aromatic heterocycles. The van der Waals surface area contributed by atoms with Gasteiger partial charge in [0, 0.05) is 12.1 Å². The highest BCUT2D eigenvalue weighted by Crippen LogP contribution is 2.23. The first-order chi connectivity index (χ1) is 10.9. The minimum absolute atomic E-state index is 0.184. The lowest BCUT2D eigenvalue weighted by atomic mass is 10.0. The Hall–Kier alpha value is -2.51. The van der Waals surface area contributed by atoms with Crippen molar-refractivity contribution < 1.29 is 19.4 Å². The van der Waals surface area contributed by atoms with Gasteiger partial charge in [-0.2, -0.15) is 0 Å². The molecule has 0 saturated heterocycles. The number of nitro benzene ring substituents is 2. The van der Waals surface area contributed by atoms with Gasteiger partial charge in [-0.15, -0.1) is 0 Å². The second-order valence-electron chi connectivity index (χ2n) is 5.27. The van der Waals surface area contributed by atoms with Gasteiger partial charge in [0.25, 0.3) is 11.4 Å². The van der Waals surface area contributed by atoms with E-state index in [9.17, 15) is 25.0 Å². The lowest BCUT2D eigenvalue weighted by Gasteiger charge is -2.14. The molecule has 0 heterocycles. The number of hydrogen-bond acceptors (Lipinski definition) is 6. The summed E-state index contributed by atoms with van der Waals surface area (Å²) in [6, 6.07) is 2.79. The van der Waals surface area contributed by atoms with Crippen molar-refractivity contribution in [1.29, 1.82) is 0 Å². The first kappa shape index (κ1) is 18.5. The molecule has 8 heteroatoms. The van der Waals surface area contributed by atoms with Crippen LogP contribution >= 0.6 is 0 Å². The van der Waals surface area contributed by atoms with Crippen LogP contribution in [0.3, 0.4) is 0 Å². The van der Waals surface area contributed by atoms with Gasteiger partial charge in [-0.3, -0.25) is 20.2 Å². The molecule has 23 heavy (non-hydrogen) atoms. The van der Waals surface area contributed by atoms with Crippen molar-refractivity contribution in [1.82, 2.24) is 0 Å². The molecule has 0 aliphatic heterocycles. The fourth-order valence-corrected chi connectivity index (χ4v) is 2.10. The third kappa shape index (κ3) is 5.65. The molecule has 126 valence electrons. The normalized spacial score (nSPS) is 11.7. The number of carbonyl (C=O) groups is 1. The third-order valence-electron chi connectivity index (χ3n) is 3.55. The lowest BCUT2D eigenvalue weighted by Crippen LogP contribution is -2.14. The molecule has 0 amide bonds. The van der Waals surface area contributed by atoms with Gasteiger partial charge in [-0.1, -0.05) is 33.1 Å². The van der Waals surface area contributed by atoms with Crippen LogP contribution in [0.5, 0.6) is 0 Å². The van der Waals surface area contributed by atoms with Gasteiger partial charge in [-0.05, 0) is 12.3 Å². The molecular weight excluding hydrogens is 304 g/mol. The molecule has 1 rings (SSSR count). The van der Waals surface area contributed by atoms with Crippen molar-refractivity contribution in [3.8, 4) is 0 Å². The number of benzene rings is 1. The standard InChI is InChI=1S/C15H20N2O6/c1-3-5-6-11(4-2)10-23-15(18)12-7-13(16(19)20)9-14(8-12)17(21)22/h7-9,11H,3-6,10H2,1-2H3. The van der Waals surface area contributed by atoms with Gasteiger partial charge in [0.05, 0.1) is 28.1 Å². The minimum atomic E-state index is -0.785. The molecule has 1 aromatic rings. The van der Waals surface area contributed by atoms with Crippen LogP contribution in [0.15, 0.2) is 18.2 Å². The lowest BCUT2D eigenvalue weighted by molar-refractivity contribution is -0.394. The smallest absolute Gasteiger partial charge is 0.338 e. The molecule has 0 spiro atoms. The summed E-state index contributed by atoms with van der Waals surface area (Å²) in [5, 5.41) is 21.6. The summed E-state index contributed by atoms with van der Waals surface area (Å²) in [5.74, 6) is -0.570. The van der Waals surface area contributed by atoms with E-state index in [-0.39, 0.29) is 18.1 Å².